The van der Waals surface area contributed by atoms with E-state index in [1.165, 1.54) is 0 Å². The zero-order valence-corrected chi connectivity index (χ0v) is 15.6. The average Bonchev–Trinajstić information content (AvgIpc) is 2.84. The van der Waals surface area contributed by atoms with E-state index in [1.807, 2.05) is 11.0 Å². The first-order valence-electron chi connectivity index (χ1n) is 9.91. The zero-order chi connectivity index (χ0) is 18.4. The summed E-state index contributed by atoms with van der Waals surface area (Å²) in [5.41, 5.74) is 5.42. The third kappa shape index (κ3) is 5.28. The van der Waals surface area contributed by atoms with E-state index in [9.17, 15) is 9.59 Å². The number of carbonyl (C=O) groups excluding carboxylic acids is 2. The first-order valence-corrected chi connectivity index (χ1v) is 9.91. The minimum absolute atomic E-state index is 0.113. The number of nitrogens with two attached hydrogens (primary N) is 1. The third-order valence-electron chi connectivity index (χ3n) is 5.83. The predicted molar refractivity (Wildman–Crippen MR) is 99.5 cm³/mol. The summed E-state index contributed by atoms with van der Waals surface area (Å²) in [5.74, 6) is 0.305. The Morgan fingerprint density at radius 2 is 1.88 bits per heavy atom. The Morgan fingerprint density at radius 1 is 1.08 bits per heavy atom. The van der Waals surface area contributed by atoms with Crippen LogP contribution in [0.2, 0.25) is 0 Å². The van der Waals surface area contributed by atoms with Crippen molar-refractivity contribution in [2.45, 2.75) is 31.7 Å². The quantitative estimate of drug-likeness (QED) is 0.698. The third-order valence-corrected chi connectivity index (χ3v) is 5.83. The van der Waals surface area contributed by atoms with Crippen molar-refractivity contribution in [3.05, 3.63) is 12.2 Å². The van der Waals surface area contributed by atoms with Crippen LogP contribution >= 0.6 is 0 Å². The molecule has 3 heterocycles. The lowest BCUT2D eigenvalue weighted by Gasteiger charge is -2.42. The first kappa shape index (κ1) is 19.3. The highest BCUT2D eigenvalue weighted by Crippen LogP contribution is 2.29. The van der Waals surface area contributed by atoms with Crippen molar-refractivity contribution in [3.63, 3.8) is 0 Å². The van der Waals surface area contributed by atoms with Crippen LogP contribution in [-0.2, 0) is 14.3 Å². The molecule has 3 fully saturated rings. The lowest BCUT2D eigenvalue weighted by molar-refractivity contribution is -0.129. The van der Waals surface area contributed by atoms with Gasteiger partial charge in [-0.05, 0) is 31.7 Å². The highest BCUT2D eigenvalue weighted by molar-refractivity contribution is 5.87. The van der Waals surface area contributed by atoms with E-state index in [4.69, 9.17) is 10.5 Å². The maximum absolute atomic E-state index is 12.6. The lowest BCUT2D eigenvalue weighted by Crippen LogP contribution is -2.53. The number of nitrogens with zero attached hydrogens (tertiary/aromatic N) is 3. The van der Waals surface area contributed by atoms with Crippen LogP contribution < -0.4 is 5.73 Å². The maximum Gasteiger partial charge on any atom is 0.246 e. The Hall–Kier alpha value is -1.44. The molecule has 2 amide bonds. The minimum Gasteiger partial charge on any atom is -0.379 e. The van der Waals surface area contributed by atoms with E-state index in [0.29, 0.717) is 18.5 Å². The van der Waals surface area contributed by atoms with Gasteiger partial charge in [0.25, 0.3) is 0 Å². The monoisotopic (exact) mass is 364 g/mol. The topological polar surface area (TPSA) is 79.1 Å². The molecule has 2 N–H and O–H groups in total. The van der Waals surface area contributed by atoms with Gasteiger partial charge in [0.1, 0.15) is 0 Å². The fourth-order valence-corrected chi connectivity index (χ4v) is 4.46. The van der Waals surface area contributed by atoms with Gasteiger partial charge in [0.05, 0.1) is 19.8 Å². The Morgan fingerprint density at radius 3 is 2.65 bits per heavy atom. The molecule has 3 aliphatic heterocycles. The summed E-state index contributed by atoms with van der Waals surface area (Å²) in [7, 11) is 0. The molecule has 146 valence electrons. The molecule has 0 aromatic carbocycles. The smallest absolute Gasteiger partial charge is 0.246 e. The Labute approximate surface area is 156 Å². The summed E-state index contributed by atoms with van der Waals surface area (Å²) in [4.78, 5) is 30.5. The van der Waals surface area contributed by atoms with E-state index in [-0.39, 0.29) is 11.8 Å². The SMILES string of the molecule is NC(=O)CN1CCCC[C@H]2CN(C(=O)/C=C/CN3CCOCC3)CC[C@H]21. The lowest BCUT2D eigenvalue weighted by atomic mass is 9.88. The largest absolute Gasteiger partial charge is 0.379 e. The van der Waals surface area contributed by atoms with Crippen molar-refractivity contribution in [1.29, 1.82) is 0 Å². The Kier molecular flexibility index (Phi) is 7.05. The summed E-state index contributed by atoms with van der Waals surface area (Å²) in [5, 5.41) is 0. The van der Waals surface area contributed by atoms with Gasteiger partial charge in [0.15, 0.2) is 0 Å². The van der Waals surface area contributed by atoms with Crippen LogP contribution in [0.5, 0.6) is 0 Å². The molecule has 0 radical (unpaired) electrons. The second kappa shape index (κ2) is 9.48. The highest BCUT2D eigenvalue weighted by atomic mass is 16.5. The van der Waals surface area contributed by atoms with Gasteiger partial charge in [-0.3, -0.25) is 19.4 Å². The van der Waals surface area contributed by atoms with Gasteiger partial charge in [-0.15, -0.1) is 0 Å². The molecule has 3 rings (SSSR count). The van der Waals surface area contributed by atoms with Gasteiger partial charge >= 0.3 is 0 Å². The average molecular weight is 364 g/mol. The number of morpholine rings is 1. The van der Waals surface area contributed by atoms with Crippen LogP contribution in [0.4, 0.5) is 0 Å². The predicted octanol–water partition coefficient (Wildman–Crippen LogP) is 0.0631. The van der Waals surface area contributed by atoms with Crippen LogP contribution in [0.25, 0.3) is 0 Å². The maximum atomic E-state index is 12.6. The number of carbonyl (C=O) groups is 2. The minimum atomic E-state index is -0.254. The number of ether oxygens (including phenoxy) is 1. The number of hydrogen-bond acceptors (Lipinski definition) is 5. The molecule has 0 spiro atoms. The summed E-state index contributed by atoms with van der Waals surface area (Å²) in [6.07, 6.45) is 8.03. The number of hydrogen-bond donors (Lipinski definition) is 1. The summed E-state index contributed by atoms with van der Waals surface area (Å²) in [6.45, 7) is 7.06. The molecule has 7 heteroatoms. The van der Waals surface area contributed by atoms with E-state index < -0.39 is 0 Å². The molecule has 0 unspecified atom stereocenters. The molecule has 0 saturated carbocycles. The molecule has 7 nitrogen and oxygen atoms in total. The van der Waals surface area contributed by atoms with Crippen molar-refractivity contribution < 1.29 is 14.3 Å². The summed E-state index contributed by atoms with van der Waals surface area (Å²) in [6, 6.07) is 0.381. The molecule has 0 bridgehead atoms. The molecule has 0 aliphatic carbocycles. The van der Waals surface area contributed by atoms with Crippen LogP contribution in [0, 0.1) is 5.92 Å². The van der Waals surface area contributed by atoms with Gasteiger partial charge < -0.3 is 15.4 Å². The highest BCUT2D eigenvalue weighted by Gasteiger charge is 2.36. The fourth-order valence-electron chi connectivity index (χ4n) is 4.46. The molecule has 0 aromatic rings. The number of primary amides is 1. The fraction of sp³-hybridized carbons (Fsp3) is 0.789. The number of rotatable bonds is 5. The second-order valence-corrected chi connectivity index (χ2v) is 7.65. The van der Waals surface area contributed by atoms with Crippen molar-refractivity contribution in [3.8, 4) is 0 Å². The molecule has 2 atom stereocenters. The summed E-state index contributed by atoms with van der Waals surface area (Å²) >= 11 is 0. The van der Waals surface area contributed by atoms with Crippen LogP contribution in [0.15, 0.2) is 12.2 Å². The van der Waals surface area contributed by atoms with Gasteiger partial charge in [0, 0.05) is 44.8 Å². The number of amides is 2. The molecular weight excluding hydrogens is 332 g/mol. The van der Waals surface area contributed by atoms with Crippen molar-refractivity contribution >= 4 is 11.8 Å². The van der Waals surface area contributed by atoms with Crippen molar-refractivity contribution in [1.82, 2.24) is 14.7 Å². The standard InChI is InChI=1S/C19H32N4O3/c20-18(24)15-22-8-2-1-4-16-14-23(9-6-17(16)22)19(25)5-3-7-21-10-12-26-13-11-21/h3,5,16-17H,1-2,4,6-15H2,(H2,20,24)/b5-3+/t16-,17+/m0/s1. The number of likely N-dealkylation sites (tertiary alicyclic amines) is 2. The molecule has 3 saturated heterocycles. The van der Waals surface area contributed by atoms with Crippen LogP contribution in [0.1, 0.15) is 25.7 Å². The Bertz CT molecular complexity index is 519. The van der Waals surface area contributed by atoms with Crippen molar-refractivity contribution in [2.24, 2.45) is 11.7 Å². The normalized spacial score (nSPS) is 28.7. The van der Waals surface area contributed by atoms with Gasteiger partial charge in [-0.25, -0.2) is 0 Å². The number of fused-ring (bicyclic) bond motifs is 1. The van der Waals surface area contributed by atoms with Crippen LogP contribution in [0.3, 0.4) is 0 Å². The zero-order valence-electron chi connectivity index (χ0n) is 15.6. The van der Waals surface area contributed by atoms with E-state index >= 15 is 0 Å². The van der Waals surface area contributed by atoms with E-state index in [1.54, 1.807) is 6.08 Å². The van der Waals surface area contributed by atoms with Crippen LogP contribution in [-0.4, -0.2) is 91.6 Å². The van der Waals surface area contributed by atoms with Crippen molar-refractivity contribution in [2.75, 3.05) is 59.0 Å². The van der Waals surface area contributed by atoms with Gasteiger partial charge in [-0.1, -0.05) is 12.5 Å². The first-order chi connectivity index (χ1) is 12.6. The molecule has 3 aliphatic rings. The summed E-state index contributed by atoms with van der Waals surface area (Å²) < 4.78 is 5.34. The molecule has 26 heavy (non-hydrogen) atoms. The molecule has 0 aromatic heterocycles. The van der Waals surface area contributed by atoms with E-state index in [0.717, 1.165) is 78.2 Å². The Balaban J connectivity index is 1.51. The van der Waals surface area contributed by atoms with Gasteiger partial charge in [-0.2, -0.15) is 0 Å². The number of piperidine rings is 1. The second-order valence-electron chi connectivity index (χ2n) is 7.65. The van der Waals surface area contributed by atoms with Gasteiger partial charge in [0.2, 0.25) is 11.8 Å². The van der Waals surface area contributed by atoms with E-state index in [2.05, 4.69) is 9.80 Å². The molecular formula is C19H32N4O3.